The van der Waals surface area contributed by atoms with Crippen molar-refractivity contribution in [3.63, 3.8) is 0 Å². The lowest BCUT2D eigenvalue weighted by atomic mass is 10.0. The molecule has 0 aliphatic carbocycles. The Kier molecular flexibility index (Phi) is 4.82. The second-order valence-corrected chi connectivity index (χ2v) is 4.55. The second kappa shape index (κ2) is 6.80. The summed E-state index contributed by atoms with van der Waals surface area (Å²) in [6.45, 7) is 2.10. The molecule has 0 fully saturated rings. The lowest BCUT2D eigenvalue weighted by Crippen LogP contribution is -2.09. The summed E-state index contributed by atoms with van der Waals surface area (Å²) in [5.41, 5.74) is 1.86. The van der Waals surface area contributed by atoms with Gasteiger partial charge in [-0.15, -0.1) is 0 Å². The van der Waals surface area contributed by atoms with Crippen LogP contribution in [0.2, 0.25) is 0 Å². The van der Waals surface area contributed by atoms with Gasteiger partial charge in [-0.2, -0.15) is 0 Å². The van der Waals surface area contributed by atoms with E-state index in [-0.39, 0.29) is 24.6 Å². The molecule has 0 radical (unpaired) electrons. The van der Waals surface area contributed by atoms with Crippen LogP contribution in [-0.4, -0.2) is 23.3 Å². The highest BCUT2D eigenvalue weighted by Gasteiger charge is 2.09. The first-order valence-electron chi connectivity index (χ1n) is 6.70. The van der Waals surface area contributed by atoms with E-state index in [1.165, 1.54) is 0 Å². The third kappa shape index (κ3) is 3.88. The summed E-state index contributed by atoms with van der Waals surface area (Å²) in [5.74, 6) is -0.273. The Balaban J connectivity index is 1.94. The quantitative estimate of drug-likeness (QED) is 0.758. The molecule has 0 aliphatic heterocycles. The highest BCUT2D eigenvalue weighted by atomic mass is 16.5. The average Bonchev–Trinajstić information content (AvgIpc) is 2.45. The minimum absolute atomic E-state index is 0.0429. The van der Waals surface area contributed by atoms with Gasteiger partial charge in [0.05, 0.1) is 18.5 Å². The SMILES string of the molecule is CCOC(=O)CCC(=O)Cc1ccc2ncccc2c1. The Morgan fingerprint density at radius 1 is 1.20 bits per heavy atom. The van der Waals surface area contributed by atoms with E-state index in [1.807, 2.05) is 30.3 Å². The van der Waals surface area contributed by atoms with E-state index in [4.69, 9.17) is 4.74 Å². The largest absolute Gasteiger partial charge is 0.466 e. The zero-order valence-corrected chi connectivity index (χ0v) is 11.5. The van der Waals surface area contributed by atoms with Crippen molar-refractivity contribution in [3.8, 4) is 0 Å². The molecule has 0 saturated carbocycles. The van der Waals surface area contributed by atoms with E-state index >= 15 is 0 Å². The molecule has 2 aromatic rings. The molecule has 4 nitrogen and oxygen atoms in total. The maximum Gasteiger partial charge on any atom is 0.306 e. The van der Waals surface area contributed by atoms with Gasteiger partial charge in [0.15, 0.2) is 0 Å². The molecule has 0 saturated heterocycles. The Hall–Kier alpha value is -2.23. The number of nitrogens with zero attached hydrogens (tertiary/aromatic N) is 1. The van der Waals surface area contributed by atoms with Gasteiger partial charge in [0, 0.05) is 24.4 Å². The van der Waals surface area contributed by atoms with Crippen molar-refractivity contribution in [1.29, 1.82) is 0 Å². The highest BCUT2D eigenvalue weighted by molar-refractivity contribution is 5.86. The molecule has 0 unspecified atom stereocenters. The smallest absolute Gasteiger partial charge is 0.306 e. The predicted molar refractivity (Wildman–Crippen MR) is 76.3 cm³/mol. The third-order valence-electron chi connectivity index (χ3n) is 2.98. The molecular formula is C16H17NO3. The van der Waals surface area contributed by atoms with Crippen molar-refractivity contribution in [3.05, 3.63) is 42.1 Å². The van der Waals surface area contributed by atoms with Crippen molar-refractivity contribution in [2.75, 3.05) is 6.61 Å². The normalized spacial score (nSPS) is 10.4. The summed E-state index contributed by atoms with van der Waals surface area (Å²) in [6, 6.07) is 9.61. The number of hydrogen-bond acceptors (Lipinski definition) is 4. The molecule has 1 aromatic heterocycles. The van der Waals surface area contributed by atoms with Gasteiger partial charge in [-0.05, 0) is 30.7 Å². The van der Waals surface area contributed by atoms with Crippen LogP contribution >= 0.6 is 0 Å². The Morgan fingerprint density at radius 3 is 2.85 bits per heavy atom. The number of hydrogen-bond donors (Lipinski definition) is 0. The molecule has 0 amide bonds. The summed E-state index contributed by atoms with van der Waals surface area (Å²) >= 11 is 0. The third-order valence-corrected chi connectivity index (χ3v) is 2.98. The standard InChI is InChI=1S/C16H17NO3/c1-2-20-16(19)8-6-14(18)11-12-5-7-15-13(10-12)4-3-9-17-15/h3-5,7,9-10H,2,6,8,11H2,1H3. The fourth-order valence-corrected chi connectivity index (χ4v) is 2.03. The predicted octanol–water partition coefficient (Wildman–Crippen LogP) is 2.69. The first kappa shape index (κ1) is 14.2. The van der Waals surface area contributed by atoms with Crippen LogP contribution in [0.3, 0.4) is 0 Å². The van der Waals surface area contributed by atoms with E-state index in [0.717, 1.165) is 16.5 Å². The minimum Gasteiger partial charge on any atom is -0.466 e. The maximum atomic E-state index is 11.8. The number of fused-ring (bicyclic) bond motifs is 1. The van der Waals surface area contributed by atoms with Gasteiger partial charge >= 0.3 is 5.97 Å². The van der Waals surface area contributed by atoms with Gasteiger partial charge in [0.2, 0.25) is 0 Å². The molecule has 104 valence electrons. The second-order valence-electron chi connectivity index (χ2n) is 4.55. The fourth-order valence-electron chi connectivity index (χ4n) is 2.03. The van der Waals surface area contributed by atoms with Crippen molar-refractivity contribution in [2.45, 2.75) is 26.2 Å². The van der Waals surface area contributed by atoms with Gasteiger partial charge in [-0.25, -0.2) is 0 Å². The van der Waals surface area contributed by atoms with E-state index in [1.54, 1.807) is 13.1 Å². The molecule has 4 heteroatoms. The number of Topliss-reactive ketones (excluding diaryl/α,β-unsaturated/α-hetero) is 1. The first-order chi connectivity index (χ1) is 9.69. The lowest BCUT2D eigenvalue weighted by Gasteiger charge is -2.03. The van der Waals surface area contributed by atoms with Crippen LogP contribution in [0.4, 0.5) is 0 Å². The van der Waals surface area contributed by atoms with Crippen LogP contribution in [0.15, 0.2) is 36.5 Å². The number of carbonyl (C=O) groups is 2. The van der Waals surface area contributed by atoms with E-state index < -0.39 is 0 Å². The molecular weight excluding hydrogens is 254 g/mol. The summed E-state index contributed by atoms with van der Waals surface area (Å²) < 4.78 is 4.80. The Morgan fingerprint density at radius 2 is 2.05 bits per heavy atom. The van der Waals surface area contributed by atoms with E-state index in [2.05, 4.69) is 4.98 Å². The molecule has 0 N–H and O–H groups in total. The van der Waals surface area contributed by atoms with Gasteiger partial charge in [-0.3, -0.25) is 14.6 Å². The molecule has 1 aromatic carbocycles. The minimum atomic E-state index is -0.316. The lowest BCUT2D eigenvalue weighted by molar-refractivity contribution is -0.144. The Labute approximate surface area is 117 Å². The Bertz CT molecular complexity index is 622. The molecule has 1 heterocycles. The van der Waals surface area contributed by atoms with Gasteiger partial charge < -0.3 is 4.74 Å². The topological polar surface area (TPSA) is 56.3 Å². The summed E-state index contributed by atoms with van der Waals surface area (Å²) in [5, 5.41) is 1.02. The van der Waals surface area contributed by atoms with Crippen molar-refractivity contribution in [1.82, 2.24) is 4.98 Å². The van der Waals surface area contributed by atoms with Crippen LogP contribution in [0, 0.1) is 0 Å². The van der Waals surface area contributed by atoms with Crippen molar-refractivity contribution < 1.29 is 14.3 Å². The maximum absolute atomic E-state index is 11.8. The molecule has 0 atom stereocenters. The number of carbonyl (C=O) groups excluding carboxylic acids is 2. The number of rotatable bonds is 6. The summed E-state index contributed by atoms with van der Waals surface area (Å²) in [4.78, 5) is 27.3. The first-order valence-corrected chi connectivity index (χ1v) is 6.70. The zero-order valence-electron chi connectivity index (χ0n) is 11.5. The number of ether oxygens (including phenoxy) is 1. The van der Waals surface area contributed by atoms with Crippen LogP contribution < -0.4 is 0 Å². The highest BCUT2D eigenvalue weighted by Crippen LogP contribution is 2.14. The van der Waals surface area contributed by atoms with Crippen molar-refractivity contribution >= 4 is 22.7 Å². The monoisotopic (exact) mass is 271 g/mol. The number of aromatic nitrogens is 1. The zero-order chi connectivity index (χ0) is 14.4. The molecule has 2 rings (SSSR count). The van der Waals surface area contributed by atoms with Crippen LogP contribution in [0.1, 0.15) is 25.3 Å². The molecule has 0 aliphatic rings. The van der Waals surface area contributed by atoms with Crippen LogP contribution in [0.25, 0.3) is 10.9 Å². The average molecular weight is 271 g/mol. The van der Waals surface area contributed by atoms with Gasteiger partial charge in [-0.1, -0.05) is 12.1 Å². The van der Waals surface area contributed by atoms with Crippen molar-refractivity contribution in [2.24, 2.45) is 0 Å². The van der Waals surface area contributed by atoms with E-state index in [9.17, 15) is 9.59 Å². The van der Waals surface area contributed by atoms with Gasteiger partial charge in [0.1, 0.15) is 5.78 Å². The van der Waals surface area contributed by atoms with Crippen LogP contribution in [0.5, 0.6) is 0 Å². The van der Waals surface area contributed by atoms with E-state index in [0.29, 0.717) is 13.0 Å². The number of benzene rings is 1. The summed E-state index contributed by atoms with van der Waals surface area (Å²) in [6.07, 6.45) is 2.46. The van der Waals surface area contributed by atoms with Crippen LogP contribution in [-0.2, 0) is 20.7 Å². The fraction of sp³-hybridized carbons (Fsp3) is 0.312. The molecule has 0 spiro atoms. The number of ketones is 1. The number of pyridine rings is 1. The van der Waals surface area contributed by atoms with Gasteiger partial charge in [0.25, 0.3) is 0 Å². The molecule has 20 heavy (non-hydrogen) atoms. The number of esters is 1. The summed E-state index contributed by atoms with van der Waals surface area (Å²) in [7, 11) is 0. The molecule has 0 bridgehead atoms.